The first-order valence-electron chi connectivity index (χ1n) is 10.1. The molecule has 2 rings (SSSR count). The van der Waals surface area contributed by atoms with E-state index < -0.39 is 10.8 Å². The lowest BCUT2D eigenvalue weighted by atomic mass is 10.1. The Morgan fingerprint density at radius 3 is 2.69 bits per heavy atom. The van der Waals surface area contributed by atoms with Crippen molar-refractivity contribution in [1.82, 2.24) is 10.6 Å². The van der Waals surface area contributed by atoms with Gasteiger partial charge in [-0.05, 0) is 53.9 Å². The van der Waals surface area contributed by atoms with Gasteiger partial charge >= 0.3 is 0 Å². The zero-order valence-corrected chi connectivity index (χ0v) is 19.1. The summed E-state index contributed by atoms with van der Waals surface area (Å²) in [5.74, 6) is 1.42. The number of nitrogens with one attached hydrogen (secondary N) is 2. The van der Waals surface area contributed by atoms with Crippen molar-refractivity contribution in [2.45, 2.75) is 26.8 Å². The maximum atomic E-state index is 12.1. The van der Waals surface area contributed by atoms with Crippen LogP contribution >= 0.6 is 12.2 Å². The van der Waals surface area contributed by atoms with Crippen LogP contribution in [-0.2, 0) is 11.3 Å². The molecule has 0 aliphatic rings. The van der Waals surface area contributed by atoms with E-state index >= 15 is 0 Å². The van der Waals surface area contributed by atoms with Gasteiger partial charge in [0.05, 0.1) is 18.6 Å². The highest BCUT2D eigenvalue weighted by molar-refractivity contribution is 7.80. The van der Waals surface area contributed by atoms with Crippen molar-refractivity contribution in [2.24, 2.45) is 5.92 Å². The second-order valence-electron chi connectivity index (χ2n) is 7.37. The summed E-state index contributed by atoms with van der Waals surface area (Å²) in [4.78, 5) is 22.4. The smallest absolute Gasteiger partial charge is 0.270 e. The standard InChI is InChI=1S/C23H27N3O5S/c1-16(2)11-12-31-20-9-7-18(14-21(20)30-3)15-24-23(32)25-22(27)10-8-17-5-4-6-19(13-17)26(28)29/h4-10,13-14,16H,11-12,15H2,1-3H3,(H2,24,25,27,32)/b10-8+. The van der Waals surface area contributed by atoms with E-state index in [-0.39, 0.29) is 10.8 Å². The highest BCUT2D eigenvalue weighted by Gasteiger charge is 2.08. The van der Waals surface area contributed by atoms with Crippen molar-refractivity contribution < 1.29 is 19.2 Å². The summed E-state index contributed by atoms with van der Waals surface area (Å²) >= 11 is 5.16. The van der Waals surface area contributed by atoms with Crippen molar-refractivity contribution in [1.29, 1.82) is 0 Å². The van der Waals surface area contributed by atoms with Gasteiger partial charge in [0.25, 0.3) is 5.69 Å². The van der Waals surface area contributed by atoms with Gasteiger partial charge in [-0.15, -0.1) is 0 Å². The average Bonchev–Trinajstić information content (AvgIpc) is 2.76. The molecule has 2 aromatic carbocycles. The Balaban J connectivity index is 1.86. The molecule has 0 radical (unpaired) electrons. The molecular formula is C23H27N3O5S. The average molecular weight is 458 g/mol. The predicted molar refractivity (Wildman–Crippen MR) is 128 cm³/mol. The number of hydrogen-bond acceptors (Lipinski definition) is 6. The lowest BCUT2D eigenvalue weighted by molar-refractivity contribution is -0.384. The SMILES string of the molecule is COc1cc(CNC(=S)NC(=O)/C=C/c2cccc([N+](=O)[O-])c2)ccc1OCCC(C)C. The third kappa shape index (κ3) is 8.35. The van der Waals surface area contributed by atoms with Gasteiger partial charge < -0.3 is 14.8 Å². The van der Waals surface area contributed by atoms with Crippen LogP contribution in [0.15, 0.2) is 48.5 Å². The van der Waals surface area contributed by atoms with Crippen LogP contribution in [0, 0.1) is 16.0 Å². The van der Waals surface area contributed by atoms with Gasteiger partial charge in [0.1, 0.15) is 0 Å². The number of rotatable bonds is 10. The molecule has 0 aliphatic heterocycles. The molecule has 0 spiro atoms. The largest absolute Gasteiger partial charge is 0.493 e. The van der Waals surface area contributed by atoms with Crippen LogP contribution < -0.4 is 20.1 Å². The first-order valence-corrected chi connectivity index (χ1v) is 10.5. The second-order valence-corrected chi connectivity index (χ2v) is 7.78. The van der Waals surface area contributed by atoms with Crippen LogP contribution in [0.5, 0.6) is 11.5 Å². The molecule has 170 valence electrons. The van der Waals surface area contributed by atoms with Crippen molar-refractivity contribution in [2.75, 3.05) is 13.7 Å². The molecular weight excluding hydrogens is 430 g/mol. The third-order valence-corrected chi connectivity index (χ3v) is 4.63. The fraction of sp³-hybridized carbons (Fsp3) is 0.304. The minimum Gasteiger partial charge on any atom is -0.493 e. The molecule has 0 saturated carbocycles. The van der Waals surface area contributed by atoms with Gasteiger partial charge in [0, 0.05) is 24.8 Å². The molecule has 0 fully saturated rings. The Bertz CT molecular complexity index is 991. The fourth-order valence-electron chi connectivity index (χ4n) is 2.64. The second kappa shape index (κ2) is 12.4. The Labute approximate surface area is 192 Å². The summed E-state index contributed by atoms with van der Waals surface area (Å²) in [6, 6.07) is 11.6. The predicted octanol–water partition coefficient (Wildman–Crippen LogP) is 4.23. The monoisotopic (exact) mass is 457 g/mol. The molecule has 9 heteroatoms. The first-order chi connectivity index (χ1) is 15.3. The molecule has 0 saturated heterocycles. The van der Waals surface area contributed by atoms with Crippen molar-refractivity contribution in [3.05, 3.63) is 69.8 Å². The van der Waals surface area contributed by atoms with Crippen molar-refractivity contribution in [3.63, 3.8) is 0 Å². The number of benzene rings is 2. The van der Waals surface area contributed by atoms with Crippen LogP contribution in [0.4, 0.5) is 5.69 Å². The lowest BCUT2D eigenvalue weighted by Gasteiger charge is -2.14. The topological polar surface area (TPSA) is 103 Å². The van der Waals surface area contributed by atoms with E-state index in [1.807, 2.05) is 18.2 Å². The Morgan fingerprint density at radius 2 is 2.00 bits per heavy atom. The Morgan fingerprint density at radius 1 is 1.22 bits per heavy atom. The van der Waals surface area contributed by atoms with E-state index in [9.17, 15) is 14.9 Å². The number of nitrogens with zero attached hydrogens (tertiary/aromatic N) is 1. The van der Waals surface area contributed by atoms with Gasteiger partial charge in [0.15, 0.2) is 16.6 Å². The number of nitro groups is 1. The molecule has 0 unspecified atom stereocenters. The zero-order chi connectivity index (χ0) is 23.5. The normalized spacial score (nSPS) is 10.8. The number of amides is 1. The summed E-state index contributed by atoms with van der Waals surface area (Å²) in [6.07, 6.45) is 3.70. The number of methoxy groups -OCH3 is 1. The van der Waals surface area contributed by atoms with Crippen molar-refractivity contribution in [3.8, 4) is 11.5 Å². The molecule has 32 heavy (non-hydrogen) atoms. The number of carbonyl (C=O) groups excluding carboxylic acids is 1. The lowest BCUT2D eigenvalue weighted by Crippen LogP contribution is -2.37. The molecule has 1 amide bonds. The van der Waals surface area contributed by atoms with Crippen LogP contribution in [0.25, 0.3) is 6.08 Å². The van der Waals surface area contributed by atoms with E-state index in [2.05, 4.69) is 24.5 Å². The van der Waals surface area contributed by atoms with Gasteiger partial charge in [-0.25, -0.2) is 0 Å². The van der Waals surface area contributed by atoms with Gasteiger partial charge in [-0.2, -0.15) is 0 Å². The Kier molecular flexibility index (Phi) is 9.62. The maximum Gasteiger partial charge on any atom is 0.270 e. The van der Waals surface area contributed by atoms with Gasteiger partial charge in [-0.1, -0.05) is 32.0 Å². The van der Waals surface area contributed by atoms with Crippen molar-refractivity contribution >= 4 is 35.0 Å². The fourth-order valence-corrected chi connectivity index (χ4v) is 2.81. The quantitative estimate of drug-likeness (QED) is 0.238. The van der Waals surface area contributed by atoms with E-state index in [1.165, 1.54) is 24.3 Å². The molecule has 0 bridgehead atoms. The summed E-state index contributed by atoms with van der Waals surface area (Å²) in [5, 5.41) is 16.5. The number of non-ortho nitro benzene ring substituents is 1. The molecule has 0 aliphatic carbocycles. The summed E-state index contributed by atoms with van der Waals surface area (Å²) < 4.78 is 11.2. The summed E-state index contributed by atoms with van der Waals surface area (Å²) in [5.41, 5.74) is 1.40. The summed E-state index contributed by atoms with van der Waals surface area (Å²) in [6.45, 7) is 5.28. The molecule has 2 aromatic rings. The number of nitro benzene ring substituents is 1. The maximum absolute atomic E-state index is 12.1. The zero-order valence-electron chi connectivity index (χ0n) is 18.3. The van der Waals surface area contributed by atoms with Gasteiger partial charge in [-0.3, -0.25) is 20.2 Å². The number of thiocarbonyl (C=S) groups is 1. The molecule has 8 nitrogen and oxygen atoms in total. The minimum absolute atomic E-state index is 0.0449. The number of hydrogen-bond donors (Lipinski definition) is 2. The van der Waals surface area contributed by atoms with E-state index in [0.717, 1.165) is 12.0 Å². The molecule has 0 heterocycles. The van der Waals surface area contributed by atoms with E-state index in [4.69, 9.17) is 21.7 Å². The molecule has 0 aromatic heterocycles. The minimum atomic E-state index is -0.490. The van der Waals surface area contributed by atoms with Crippen LogP contribution in [0.2, 0.25) is 0 Å². The summed E-state index contributed by atoms with van der Waals surface area (Å²) in [7, 11) is 1.58. The molecule has 0 atom stereocenters. The first kappa shape index (κ1) is 24.8. The van der Waals surface area contributed by atoms with E-state index in [0.29, 0.717) is 36.1 Å². The van der Waals surface area contributed by atoms with Crippen LogP contribution in [-0.4, -0.2) is 29.7 Å². The van der Waals surface area contributed by atoms with E-state index in [1.54, 1.807) is 19.2 Å². The third-order valence-electron chi connectivity index (χ3n) is 4.38. The van der Waals surface area contributed by atoms with Crippen LogP contribution in [0.3, 0.4) is 0 Å². The number of ether oxygens (including phenoxy) is 2. The highest BCUT2D eigenvalue weighted by Crippen LogP contribution is 2.28. The Hall–Kier alpha value is -3.46. The molecule has 2 N–H and O–H groups in total. The van der Waals surface area contributed by atoms with Gasteiger partial charge in [0.2, 0.25) is 5.91 Å². The van der Waals surface area contributed by atoms with Crippen LogP contribution in [0.1, 0.15) is 31.4 Å². The number of carbonyl (C=O) groups is 1. The highest BCUT2D eigenvalue weighted by atomic mass is 32.1.